The lowest BCUT2D eigenvalue weighted by Crippen LogP contribution is -2.34. The average molecular weight is 415 g/mol. The van der Waals surface area contributed by atoms with Crippen LogP contribution in [0.2, 0.25) is 0 Å². The van der Waals surface area contributed by atoms with Gasteiger partial charge in [0.1, 0.15) is 5.75 Å². The van der Waals surface area contributed by atoms with E-state index < -0.39 is 0 Å². The molecule has 0 aliphatic carbocycles. The predicted octanol–water partition coefficient (Wildman–Crippen LogP) is 4.23. The van der Waals surface area contributed by atoms with Crippen LogP contribution in [-0.2, 0) is 6.54 Å². The maximum absolute atomic E-state index is 12.3. The Morgan fingerprint density at radius 3 is 2.48 bits per heavy atom. The number of nitrogens with one attached hydrogen (secondary N) is 2. The van der Waals surface area contributed by atoms with Gasteiger partial charge in [-0.05, 0) is 69.1 Å². The molecule has 0 bridgehead atoms. The van der Waals surface area contributed by atoms with Crippen LogP contribution in [0.15, 0.2) is 42.6 Å². The first kappa shape index (κ1) is 22.8. The largest absolute Gasteiger partial charge is 0.494 e. The summed E-state index contributed by atoms with van der Waals surface area (Å²) in [5.41, 5.74) is 2.15. The van der Waals surface area contributed by atoms with Crippen LogP contribution < -0.4 is 15.4 Å². The number of hydrogen-bond acceptors (Lipinski definition) is 5. The number of aromatic nitrogens is 1. The molecule has 0 aliphatic rings. The Kier molecular flexibility index (Phi) is 9.53. The van der Waals surface area contributed by atoms with E-state index in [1.807, 2.05) is 49.3 Å². The molecule has 6 nitrogen and oxygen atoms in total. The van der Waals surface area contributed by atoms with E-state index in [0.717, 1.165) is 36.7 Å². The van der Waals surface area contributed by atoms with E-state index in [0.29, 0.717) is 5.56 Å². The minimum Gasteiger partial charge on any atom is -0.494 e. The second-order valence-corrected chi connectivity index (χ2v) is 7.53. The number of rotatable bonds is 10. The van der Waals surface area contributed by atoms with Crippen molar-refractivity contribution in [3.05, 3.63) is 53.9 Å². The van der Waals surface area contributed by atoms with Gasteiger partial charge in [0.05, 0.1) is 17.9 Å². The number of anilines is 1. The lowest BCUT2D eigenvalue weighted by Gasteiger charge is -2.11. The van der Waals surface area contributed by atoms with Gasteiger partial charge in [-0.2, -0.15) is 0 Å². The zero-order chi connectivity index (χ0) is 21.1. The van der Waals surface area contributed by atoms with Gasteiger partial charge in [-0.25, -0.2) is 0 Å². The summed E-state index contributed by atoms with van der Waals surface area (Å²) in [6, 6.07) is 11.1. The third-order valence-corrected chi connectivity index (χ3v) is 4.38. The molecule has 2 aromatic rings. The van der Waals surface area contributed by atoms with Crippen molar-refractivity contribution >= 4 is 28.9 Å². The van der Waals surface area contributed by atoms with Crippen LogP contribution in [-0.4, -0.2) is 41.6 Å². The molecule has 0 fully saturated rings. The molecule has 0 saturated carbocycles. The third-order valence-electron chi connectivity index (χ3n) is 4.17. The van der Waals surface area contributed by atoms with E-state index in [1.54, 1.807) is 12.3 Å². The predicted molar refractivity (Wildman–Crippen MR) is 121 cm³/mol. The smallest absolute Gasteiger partial charge is 0.258 e. The van der Waals surface area contributed by atoms with Gasteiger partial charge in [0, 0.05) is 18.4 Å². The number of thiocarbonyl (C=S) groups is 1. The van der Waals surface area contributed by atoms with Gasteiger partial charge in [-0.15, -0.1) is 0 Å². The maximum atomic E-state index is 12.3. The highest BCUT2D eigenvalue weighted by Gasteiger charge is 2.09. The van der Waals surface area contributed by atoms with Crippen molar-refractivity contribution in [1.82, 2.24) is 15.2 Å². The van der Waals surface area contributed by atoms with Crippen LogP contribution in [0.1, 0.15) is 48.7 Å². The number of carbonyl (C=O) groups excluding carboxylic acids is 1. The summed E-state index contributed by atoms with van der Waals surface area (Å²) >= 11 is 5.24. The minimum atomic E-state index is -0.293. The molecule has 2 rings (SSSR count). The fourth-order valence-electron chi connectivity index (χ4n) is 2.67. The van der Waals surface area contributed by atoms with Crippen molar-refractivity contribution in [3.63, 3.8) is 0 Å². The third kappa shape index (κ3) is 8.58. The maximum Gasteiger partial charge on any atom is 0.258 e. The first-order valence-corrected chi connectivity index (χ1v) is 10.3. The summed E-state index contributed by atoms with van der Waals surface area (Å²) in [6.45, 7) is 3.64. The fraction of sp³-hybridized carbons (Fsp3) is 0.409. The summed E-state index contributed by atoms with van der Waals surface area (Å²) in [4.78, 5) is 18.6. The van der Waals surface area contributed by atoms with Crippen molar-refractivity contribution in [1.29, 1.82) is 0 Å². The van der Waals surface area contributed by atoms with E-state index >= 15 is 0 Å². The molecular formula is C22H30N4O2S. The Morgan fingerprint density at radius 2 is 1.86 bits per heavy atom. The van der Waals surface area contributed by atoms with Gasteiger partial charge in [0.15, 0.2) is 5.11 Å². The van der Waals surface area contributed by atoms with Crippen molar-refractivity contribution in [2.45, 2.75) is 39.2 Å². The molecule has 7 heteroatoms. The Labute approximate surface area is 178 Å². The lowest BCUT2D eigenvalue weighted by molar-refractivity contribution is 0.0977. The monoisotopic (exact) mass is 414 g/mol. The molecule has 0 spiro atoms. The first-order chi connectivity index (χ1) is 14.0. The Hall–Kier alpha value is -2.51. The summed E-state index contributed by atoms with van der Waals surface area (Å²) in [6.07, 6.45) is 6.27. The van der Waals surface area contributed by atoms with Crippen LogP contribution in [0.3, 0.4) is 0 Å². The highest BCUT2D eigenvalue weighted by molar-refractivity contribution is 7.80. The van der Waals surface area contributed by atoms with Crippen LogP contribution in [0, 0.1) is 0 Å². The minimum absolute atomic E-state index is 0.237. The number of ether oxygens (including phenoxy) is 1. The number of pyridine rings is 1. The topological polar surface area (TPSA) is 66.5 Å². The van der Waals surface area contributed by atoms with Crippen molar-refractivity contribution in [2.24, 2.45) is 0 Å². The number of benzene rings is 1. The fourth-order valence-corrected chi connectivity index (χ4v) is 2.88. The van der Waals surface area contributed by atoms with Gasteiger partial charge >= 0.3 is 0 Å². The molecule has 0 saturated heterocycles. The summed E-state index contributed by atoms with van der Waals surface area (Å²) in [5.74, 6) is 0.532. The molecular weight excluding hydrogens is 384 g/mol. The second-order valence-electron chi connectivity index (χ2n) is 7.12. The van der Waals surface area contributed by atoms with Crippen LogP contribution in [0.4, 0.5) is 5.69 Å². The van der Waals surface area contributed by atoms with Crippen LogP contribution >= 0.6 is 12.2 Å². The average Bonchev–Trinajstić information content (AvgIpc) is 2.69. The molecule has 1 amide bonds. The molecule has 156 valence electrons. The molecule has 1 aromatic heterocycles. The summed E-state index contributed by atoms with van der Waals surface area (Å²) in [7, 11) is 3.94. The van der Waals surface area contributed by atoms with Crippen molar-refractivity contribution in [3.8, 4) is 5.75 Å². The van der Waals surface area contributed by atoms with E-state index in [9.17, 15) is 4.79 Å². The molecule has 0 unspecified atom stereocenters. The highest BCUT2D eigenvalue weighted by Crippen LogP contribution is 2.16. The molecule has 2 N–H and O–H groups in total. The van der Waals surface area contributed by atoms with E-state index in [4.69, 9.17) is 17.0 Å². The van der Waals surface area contributed by atoms with Crippen molar-refractivity contribution < 1.29 is 9.53 Å². The van der Waals surface area contributed by atoms with E-state index in [2.05, 4.69) is 22.5 Å². The number of carbonyl (C=O) groups is 1. The molecule has 0 aliphatic heterocycles. The Bertz CT molecular complexity index is 776. The zero-order valence-electron chi connectivity index (χ0n) is 17.4. The zero-order valence-corrected chi connectivity index (χ0v) is 18.2. The van der Waals surface area contributed by atoms with Gasteiger partial charge in [-0.3, -0.25) is 15.1 Å². The van der Waals surface area contributed by atoms with E-state index in [-0.39, 0.29) is 11.0 Å². The highest BCUT2D eigenvalue weighted by atomic mass is 32.1. The molecule has 29 heavy (non-hydrogen) atoms. The quantitative estimate of drug-likeness (QED) is 0.448. The number of nitrogens with zero attached hydrogens (tertiary/aromatic N) is 2. The normalized spacial score (nSPS) is 10.6. The molecule has 1 aromatic carbocycles. The Balaban J connectivity index is 1.78. The molecule has 0 atom stereocenters. The van der Waals surface area contributed by atoms with Gasteiger partial charge in [0.2, 0.25) is 0 Å². The van der Waals surface area contributed by atoms with Crippen LogP contribution in [0.25, 0.3) is 0 Å². The lowest BCUT2D eigenvalue weighted by atomic mass is 10.2. The molecule has 1 heterocycles. The molecule has 0 radical (unpaired) electrons. The van der Waals surface area contributed by atoms with E-state index in [1.165, 1.54) is 19.3 Å². The Morgan fingerprint density at radius 1 is 1.10 bits per heavy atom. The van der Waals surface area contributed by atoms with Gasteiger partial charge in [0.25, 0.3) is 5.91 Å². The summed E-state index contributed by atoms with van der Waals surface area (Å²) < 4.78 is 5.73. The number of unbranched alkanes of at least 4 members (excludes halogenated alkanes) is 3. The number of hydrogen-bond donors (Lipinski definition) is 2. The van der Waals surface area contributed by atoms with Gasteiger partial charge in [-0.1, -0.05) is 26.2 Å². The number of amides is 1. The van der Waals surface area contributed by atoms with Crippen LogP contribution in [0.5, 0.6) is 5.75 Å². The second kappa shape index (κ2) is 12.1. The summed E-state index contributed by atoms with van der Waals surface area (Å²) in [5, 5.41) is 5.92. The van der Waals surface area contributed by atoms with Crippen molar-refractivity contribution in [2.75, 3.05) is 26.0 Å². The SMILES string of the molecule is CCCCCCOc1ccc(NC(=S)NC(=O)c2ccc(CN(C)C)nc2)cc1. The van der Waals surface area contributed by atoms with Gasteiger partial charge < -0.3 is 15.0 Å². The first-order valence-electron chi connectivity index (χ1n) is 9.92. The standard InChI is InChI=1S/C22H30N4O2S/c1-4-5-6-7-14-28-20-12-10-18(11-13-20)24-22(29)25-21(27)17-8-9-19(23-15-17)16-26(2)3/h8-13,15H,4-7,14,16H2,1-3H3,(H2,24,25,27,29).